The van der Waals surface area contributed by atoms with Crippen molar-refractivity contribution in [3.63, 3.8) is 0 Å². The van der Waals surface area contributed by atoms with Crippen LogP contribution in [0.5, 0.6) is 11.5 Å². The lowest BCUT2D eigenvalue weighted by Crippen LogP contribution is -2.09. The molecule has 0 aliphatic rings. The molecule has 0 unspecified atom stereocenters. The Hall–Kier alpha value is -4.52. The van der Waals surface area contributed by atoms with E-state index in [1.54, 1.807) is 12.1 Å². The fourth-order valence-electron chi connectivity index (χ4n) is 5.23. The van der Waals surface area contributed by atoms with Gasteiger partial charge < -0.3 is 18.9 Å². The fourth-order valence-corrected chi connectivity index (χ4v) is 5.57. The van der Waals surface area contributed by atoms with Crippen molar-refractivity contribution in [2.75, 3.05) is 14.2 Å². The van der Waals surface area contributed by atoms with Crippen LogP contribution in [0.3, 0.4) is 0 Å². The molecule has 0 atom stereocenters. The van der Waals surface area contributed by atoms with E-state index >= 15 is 0 Å². The second-order valence-electron chi connectivity index (χ2n) is 8.99. The molecule has 0 aliphatic heterocycles. The second kappa shape index (κ2) is 10.2. The van der Waals surface area contributed by atoms with Crippen LogP contribution in [0.2, 0.25) is 10.0 Å². The van der Waals surface area contributed by atoms with Crippen molar-refractivity contribution in [2.24, 2.45) is 0 Å². The van der Waals surface area contributed by atoms with Crippen LogP contribution in [0.25, 0.3) is 54.2 Å². The molecule has 6 aromatic rings. The quantitative estimate of drug-likeness (QED) is 0.120. The normalized spacial score (nSPS) is 11.2. The number of methoxy groups -OCH3 is 2. The number of carbonyl (C=O) groups excluding carboxylic acids is 2. The van der Waals surface area contributed by atoms with Gasteiger partial charge in [-0.15, -0.1) is 0 Å². The molecule has 0 radical (unpaired) electrons. The van der Waals surface area contributed by atoms with E-state index in [1.807, 2.05) is 72.8 Å². The maximum absolute atomic E-state index is 12.3. The third kappa shape index (κ3) is 4.22. The van der Waals surface area contributed by atoms with Crippen LogP contribution >= 0.6 is 23.2 Å². The van der Waals surface area contributed by atoms with Gasteiger partial charge in [0.25, 0.3) is 0 Å². The standard InChI is InChI=1S/C32H20Cl2O6/c1-37-31(35)39-29-21-9-5-3-7-19(21)27(25-15-17(33)11-13-23(25)29)28-20-8-4-6-10-22(20)30(40-32(36)38-2)24-14-12-18(34)16-26(24)28/h3-16H,1-2H3. The van der Waals surface area contributed by atoms with Crippen LogP contribution < -0.4 is 9.47 Å². The zero-order valence-corrected chi connectivity index (χ0v) is 22.8. The maximum Gasteiger partial charge on any atom is 0.513 e. The van der Waals surface area contributed by atoms with Crippen molar-refractivity contribution in [2.45, 2.75) is 0 Å². The lowest BCUT2D eigenvalue weighted by atomic mass is 9.85. The molecule has 0 N–H and O–H groups in total. The Morgan fingerprint density at radius 3 is 1.23 bits per heavy atom. The third-order valence-electron chi connectivity index (χ3n) is 6.83. The summed E-state index contributed by atoms with van der Waals surface area (Å²) in [5, 5.41) is 6.86. The Morgan fingerprint density at radius 1 is 0.500 bits per heavy atom. The lowest BCUT2D eigenvalue weighted by molar-refractivity contribution is 0.121. The Balaban J connectivity index is 1.86. The van der Waals surface area contributed by atoms with Crippen LogP contribution in [0.15, 0.2) is 84.9 Å². The van der Waals surface area contributed by atoms with Crippen molar-refractivity contribution < 1.29 is 28.5 Å². The molecule has 40 heavy (non-hydrogen) atoms. The molecule has 6 aromatic carbocycles. The molecule has 0 saturated heterocycles. The molecule has 6 rings (SSSR count). The predicted molar refractivity (Wildman–Crippen MR) is 158 cm³/mol. The Morgan fingerprint density at radius 2 is 0.850 bits per heavy atom. The van der Waals surface area contributed by atoms with Gasteiger partial charge in [-0.1, -0.05) is 71.7 Å². The first-order chi connectivity index (χ1) is 19.4. The molecule has 198 valence electrons. The van der Waals surface area contributed by atoms with Crippen LogP contribution in [0.4, 0.5) is 9.59 Å². The monoisotopic (exact) mass is 570 g/mol. The molecule has 8 heteroatoms. The first-order valence-corrected chi connectivity index (χ1v) is 13.0. The van der Waals surface area contributed by atoms with E-state index in [0.717, 1.165) is 32.7 Å². The summed E-state index contributed by atoms with van der Waals surface area (Å²) in [5.74, 6) is 0.713. The highest BCUT2D eigenvalue weighted by Gasteiger charge is 2.24. The number of ether oxygens (including phenoxy) is 4. The summed E-state index contributed by atoms with van der Waals surface area (Å²) in [6, 6.07) is 26.1. The van der Waals surface area contributed by atoms with E-state index in [1.165, 1.54) is 14.2 Å². The zero-order valence-electron chi connectivity index (χ0n) is 21.3. The van der Waals surface area contributed by atoms with Crippen molar-refractivity contribution >= 4 is 78.6 Å². The molecular weight excluding hydrogens is 551 g/mol. The van der Waals surface area contributed by atoms with Gasteiger partial charge in [-0.25, -0.2) is 9.59 Å². The van der Waals surface area contributed by atoms with Crippen molar-refractivity contribution in [3.8, 4) is 22.6 Å². The number of halogens is 2. The predicted octanol–water partition coefficient (Wildman–Crippen LogP) is 9.56. The Bertz CT molecular complexity index is 1860. The molecule has 0 spiro atoms. The smallest absolute Gasteiger partial charge is 0.437 e. The number of carbonyl (C=O) groups is 2. The first-order valence-electron chi connectivity index (χ1n) is 12.2. The van der Waals surface area contributed by atoms with E-state index in [9.17, 15) is 9.59 Å². The van der Waals surface area contributed by atoms with Crippen molar-refractivity contribution in [1.82, 2.24) is 0 Å². The van der Waals surface area contributed by atoms with Gasteiger partial charge in [-0.05, 0) is 69.1 Å². The van der Waals surface area contributed by atoms with Gasteiger partial charge in [-0.3, -0.25) is 0 Å². The summed E-state index contributed by atoms with van der Waals surface area (Å²) >= 11 is 13.1. The Labute approximate surface area is 238 Å². The topological polar surface area (TPSA) is 71.1 Å². The van der Waals surface area contributed by atoms with E-state index in [2.05, 4.69) is 0 Å². The van der Waals surface area contributed by atoms with Gasteiger partial charge in [-0.2, -0.15) is 0 Å². The van der Waals surface area contributed by atoms with E-state index in [0.29, 0.717) is 43.1 Å². The summed E-state index contributed by atoms with van der Waals surface area (Å²) in [4.78, 5) is 24.6. The van der Waals surface area contributed by atoms with Crippen LogP contribution in [-0.4, -0.2) is 26.5 Å². The molecule has 0 heterocycles. The first kappa shape index (κ1) is 25.7. The average molecular weight is 571 g/mol. The van der Waals surface area contributed by atoms with Gasteiger partial charge in [0.15, 0.2) is 0 Å². The number of rotatable bonds is 3. The highest BCUT2D eigenvalue weighted by Crippen LogP contribution is 2.50. The second-order valence-corrected chi connectivity index (χ2v) is 9.86. The minimum absolute atomic E-state index is 0.357. The van der Waals surface area contributed by atoms with Gasteiger partial charge in [0.1, 0.15) is 11.5 Å². The minimum Gasteiger partial charge on any atom is -0.437 e. The zero-order chi connectivity index (χ0) is 28.0. The number of benzene rings is 6. The van der Waals surface area contributed by atoms with E-state index in [4.69, 9.17) is 42.1 Å². The Kier molecular flexibility index (Phi) is 6.58. The van der Waals surface area contributed by atoms with Gasteiger partial charge >= 0.3 is 12.3 Å². The summed E-state index contributed by atoms with van der Waals surface area (Å²) < 4.78 is 21.0. The number of fused-ring (bicyclic) bond motifs is 4. The largest absolute Gasteiger partial charge is 0.513 e. The van der Waals surface area contributed by atoms with Crippen LogP contribution in [-0.2, 0) is 9.47 Å². The average Bonchev–Trinajstić information content (AvgIpc) is 2.97. The van der Waals surface area contributed by atoms with Crippen LogP contribution in [0, 0.1) is 0 Å². The SMILES string of the molecule is COC(=O)Oc1c2ccccc2c(-c2c3ccccc3c(OC(=O)OC)c3ccc(Cl)cc23)c2cc(Cl)ccc12. The molecule has 6 nitrogen and oxygen atoms in total. The third-order valence-corrected chi connectivity index (χ3v) is 7.30. The fraction of sp³-hybridized carbons (Fsp3) is 0.0625. The van der Waals surface area contributed by atoms with Gasteiger partial charge in [0.05, 0.1) is 14.2 Å². The van der Waals surface area contributed by atoms with E-state index in [-0.39, 0.29) is 0 Å². The minimum atomic E-state index is -0.832. The summed E-state index contributed by atoms with van der Waals surface area (Å²) in [7, 11) is 2.52. The molecule has 0 bridgehead atoms. The van der Waals surface area contributed by atoms with E-state index < -0.39 is 12.3 Å². The number of hydrogen-bond acceptors (Lipinski definition) is 6. The van der Waals surface area contributed by atoms with Crippen molar-refractivity contribution in [3.05, 3.63) is 95.0 Å². The summed E-state index contributed by atoms with van der Waals surface area (Å²) in [6.07, 6.45) is -1.66. The highest BCUT2D eigenvalue weighted by molar-refractivity contribution is 6.34. The maximum atomic E-state index is 12.3. The summed E-state index contributed by atoms with van der Waals surface area (Å²) in [5.41, 5.74) is 1.69. The lowest BCUT2D eigenvalue weighted by Gasteiger charge is -2.21. The van der Waals surface area contributed by atoms with Crippen molar-refractivity contribution in [1.29, 1.82) is 0 Å². The molecule has 0 saturated carbocycles. The molecular formula is C32H20Cl2O6. The summed E-state index contributed by atoms with van der Waals surface area (Å²) in [6.45, 7) is 0. The number of hydrogen-bond donors (Lipinski definition) is 0. The molecule has 0 amide bonds. The molecule has 0 aromatic heterocycles. The highest BCUT2D eigenvalue weighted by atomic mass is 35.5. The molecule has 0 aliphatic carbocycles. The van der Waals surface area contributed by atoms with Gasteiger partial charge in [0, 0.05) is 31.6 Å². The van der Waals surface area contributed by atoms with Crippen LogP contribution in [0.1, 0.15) is 0 Å². The van der Waals surface area contributed by atoms with Gasteiger partial charge in [0.2, 0.25) is 0 Å². The molecule has 0 fully saturated rings.